The minimum absolute atomic E-state index is 0.853. The van der Waals surface area contributed by atoms with Crippen LogP contribution in [-0.4, -0.2) is 4.98 Å². The second-order valence-corrected chi connectivity index (χ2v) is 3.86. The third kappa shape index (κ3) is 0.852. The van der Waals surface area contributed by atoms with Crippen LogP contribution in [0, 0.1) is 0 Å². The Hall–Kier alpha value is -2.29. The summed E-state index contributed by atoms with van der Waals surface area (Å²) < 4.78 is 0. The average molecular weight is 208 g/mol. The molecule has 0 saturated carbocycles. The molecular formula is C13H8N2O. The van der Waals surface area contributed by atoms with Crippen LogP contribution < -0.4 is 10.3 Å². The largest absolute Gasteiger partial charge is 0.381 e. The van der Waals surface area contributed by atoms with Gasteiger partial charge in [0.05, 0.1) is 22.1 Å². The van der Waals surface area contributed by atoms with Gasteiger partial charge in [-0.05, 0) is 18.2 Å². The van der Waals surface area contributed by atoms with Crippen LogP contribution in [0.15, 0.2) is 42.5 Å². The van der Waals surface area contributed by atoms with Crippen LogP contribution >= 0.6 is 0 Å². The number of para-hydroxylation sites is 1. The minimum Gasteiger partial charge on any atom is -0.381 e. The van der Waals surface area contributed by atoms with Gasteiger partial charge in [0.15, 0.2) is 5.75 Å². The van der Waals surface area contributed by atoms with Gasteiger partial charge in [-0.2, -0.15) is 0 Å². The van der Waals surface area contributed by atoms with Crippen LogP contribution in [0.5, 0.6) is 5.75 Å². The Morgan fingerprint density at radius 1 is 0.938 bits per heavy atom. The third-order valence-electron chi connectivity index (χ3n) is 2.93. The molecule has 0 amide bonds. The van der Waals surface area contributed by atoms with E-state index in [9.17, 15) is 0 Å². The first-order chi connectivity index (χ1) is 7.93. The number of hydrogen-bond donors (Lipinski definition) is 1. The summed E-state index contributed by atoms with van der Waals surface area (Å²) in [6, 6.07) is 14.0. The van der Waals surface area contributed by atoms with E-state index in [1.54, 1.807) is 0 Å². The molecule has 76 valence electrons. The molecule has 4 rings (SSSR count). The van der Waals surface area contributed by atoms with Crippen LogP contribution in [0.25, 0.3) is 21.8 Å². The quantitative estimate of drug-likeness (QED) is 0.576. The first kappa shape index (κ1) is 7.93. The Balaban J connectivity index is 2.34. The smallest absolute Gasteiger partial charge is 0.166 e. The molecule has 1 aromatic heterocycles. The van der Waals surface area contributed by atoms with Gasteiger partial charge in [0.1, 0.15) is 0 Å². The van der Waals surface area contributed by atoms with Crippen LogP contribution in [-0.2, 0) is 0 Å². The van der Waals surface area contributed by atoms with E-state index in [1.165, 1.54) is 0 Å². The molecule has 1 aliphatic heterocycles. The molecule has 2 aromatic carbocycles. The lowest BCUT2D eigenvalue weighted by molar-refractivity contribution is 0.424. The average Bonchev–Trinajstić information content (AvgIpc) is 2.76. The van der Waals surface area contributed by atoms with E-state index in [-0.39, 0.29) is 0 Å². The van der Waals surface area contributed by atoms with Gasteiger partial charge in [-0.15, -0.1) is 0 Å². The minimum atomic E-state index is 0.853. The Kier molecular flexibility index (Phi) is 1.31. The van der Waals surface area contributed by atoms with Crippen LogP contribution in [0.4, 0.5) is 5.69 Å². The monoisotopic (exact) mass is 208 g/mol. The maximum atomic E-state index is 5.43. The third-order valence-corrected chi connectivity index (χ3v) is 2.93. The number of benzene rings is 2. The number of fused-ring (bicyclic) bond motifs is 2. The molecule has 0 fully saturated rings. The molecule has 3 nitrogen and oxygen atoms in total. The van der Waals surface area contributed by atoms with E-state index in [0.717, 1.165) is 33.2 Å². The second kappa shape index (κ2) is 2.64. The Bertz CT molecular complexity index is 722. The molecule has 0 bridgehead atoms. The summed E-state index contributed by atoms with van der Waals surface area (Å²) in [7, 11) is 0. The van der Waals surface area contributed by atoms with Crippen molar-refractivity contribution in [3.8, 4) is 5.75 Å². The van der Waals surface area contributed by atoms with E-state index in [4.69, 9.17) is 4.84 Å². The predicted octanol–water partition coefficient (Wildman–Crippen LogP) is 3.11. The van der Waals surface area contributed by atoms with Gasteiger partial charge in [0.25, 0.3) is 0 Å². The van der Waals surface area contributed by atoms with E-state index in [1.807, 2.05) is 36.4 Å². The van der Waals surface area contributed by atoms with Gasteiger partial charge < -0.3 is 4.84 Å². The van der Waals surface area contributed by atoms with Crippen molar-refractivity contribution in [1.29, 1.82) is 0 Å². The fourth-order valence-corrected chi connectivity index (χ4v) is 2.21. The maximum absolute atomic E-state index is 5.43. The van der Waals surface area contributed by atoms with E-state index >= 15 is 0 Å². The maximum Gasteiger partial charge on any atom is 0.166 e. The fraction of sp³-hybridized carbons (Fsp3) is 0. The number of aromatic nitrogens is 1. The van der Waals surface area contributed by atoms with Crippen molar-refractivity contribution in [3.05, 3.63) is 42.5 Å². The Labute approximate surface area is 91.6 Å². The summed E-state index contributed by atoms with van der Waals surface area (Å²) in [4.78, 5) is 10.1. The molecule has 0 unspecified atom stereocenters. The summed E-state index contributed by atoms with van der Waals surface area (Å²) in [6.07, 6.45) is 0. The van der Waals surface area contributed by atoms with Crippen molar-refractivity contribution >= 4 is 27.5 Å². The normalized spacial score (nSPS) is 12.8. The summed E-state index contributed by atoms with van der Waals surface area (Å²) >= 11 is 0. The number of nitrogens with zero attached hydrogens (tertiary/aromatic N) is 1. The molecule has 0 spiro atoms. The first-order valence-corrected chi connectivity index (χ1v) is 5.18. The van der Waals surface area contributed by atoms with E-state index in [2.05, 4.69) is 16.5 Å². The highest BCUT2D eigenvalue weighted by Gasteiger charge is 2.18. The fourth-order valence-electron chi connectivity index (χ4n) is 2.21. The summed E-state index contributed by atoms with van der Waals surface area (Å²) in [5.74, 6) is 0.853. The van der Waals surface area contributed by atoms with Crippen LogP contribution in [0.3, 0.4) is 0 Å². The summed E-state index contributed by atoms with van der Waals surface area (Å²) in [5, 5.41) is 2.17. The lowest BCUT2D eigenvalue weighted by Gasteiger charge is -2.02. The van der Waals surface area contributed by atoms with Gasteiger partial charge in [0, 0.05) is 5.39 Å². The standard InChI is InChI=1S/C13H8N2O/c1-2-5-9-8(4-1)13-12-10(14-9)6-3-7-11(12)16-15-13/h1-7,15H. The van der Waals surface area contributed by atoms with Crippen molar-refractivity contribution in [1.82, 2.24) is 4.98 Å². The van der Waals surface area contributed by atoms with Crippen LogP contribution in [0.2, 0.25) is 0 Å². The van der Waals surface area contributed by atoms with Gasteiger partial charge in [-0.25, -0.2) is 10.5 Å². The number of pyridine rings is 1. The van der Waals surface area contributed by atoms with Crippen LogP contribution in [0.1, 0.15) is 0 Å². The molecule has 0 saturated heterocycles. The molecule has 3 heteroatoms. The zero-order valence-electron chi connectivity index (χ0n) is 8.40. The highest BCUT2D eigenvalue weighted by molar-refractivity contribution is 6.11. The lowest BCUT2D eigenvalue weighted by Crippen LogP contribution is -1.97. The van der Waals surface area contributed by atoms with Gasteiger partial charge in [-0.1, -0.05) is 24.3 Å². The molecule has 0 radical (unpaired) electrons. The van der Waals surface area contributed by atoms with Crippen molar-refractivity contribution in [2.75, 3.05) is 5.48 Å². The predicted molar refractivity (Wildman–Crippen MR) is 63.5 cm³/mol. The van der Waals surface area contributed by atoms with E-state index < -0.39 is 0 Å². The van der Waals surface area contributed by atoms with Crippen molar-refractivity contribution < 1.29 is 4.84 Å². The summed E-state index contributed by atoms with van der Waals surface area (Å²) in [6.45, 7) is 0. The molecular weight excluding hydrogens is 200 g/mol. The number of anilines is 1. The Morgan fingerprint density at radius 2 is 1.81 bits per heavy atom. The second-order valence-electron chi connectivity index (χ2n) is 3.86. The van der Waals surface area contributed by atoms with Crippen molar-refractivity contribution in [2.24, 2.45) is 0 Å². The lowest BCUT2D eigenvalue weighted by atomic mass is 10.1. The number of nitrogens with one attached hydrogen (secondary N) is 1. The topological polar surface area (TPSA) is 34.1 Å². The zero-order chi connectivity index (χ0) is 10.5. The SMILES string of the molecule is c1ccc2c3c4c(cccc4nc2c1)ON3. The van der Waals surface area contributed by atoms with Gasteiger partial charge in [-0.3, -0.25) is 0 Å². The zero-order valence-corrected chi connectivity index (χ0v) is 8.40. The van der Waals surface area contributed by atoms with Crippen molar-refractivity contribution in [3.63, 3.8) is 0 Å². The number of hydrogen-bond acceptors (Lipinski definition) is 3. The van der Waals surface area contributed by atoms with E-state index in [0.29, 0.717) is 0 Å². The summed E-state index contributed by atoms with van der Waals surface area (Å²) in [5.41, 5.74) is 5.96. The van der Waals surface area contributed by atoms with Crippen molar-refractivity contribution in [2.45, 2.75) is 0 Å². The molecule has 16 heavy (non-hydrogen) atoms. The molecule has 0 aliphatic carbocycles. The van der Waals surface area contributed by atoms with Gasteiger partial charge >= 0.3 is 0 Å². The molecule has 0 atom stereocenters. The van der Waals surface area contributed by atoms with Gasteiger partial charge in [0.2, 0.25) is 0 Å². The Morgan fingerprint density at radius 3 is 2.81 bits per heavy atom. The first-order valence-electron chi connectivity index (χ1n) is 5.18. The molecule has 2 heterocycles. The molecule has 1 N–H and O–H groups in total. The molecule has 1 aliphatic rings. The number of rotatable bonds is 0. The highest BCUT2D eigenvalue weighted by atomic mass is 16.7. The highest BCUT2D eigenvalue weighted by Crippen LogP contribution is 2.40. The molecule has 3 aromatic rings.